The molecule has 2 N–H and O–H groups in total. The maximum absolute atomic E-state index is 13.1. The second-order valence-electron chi connectivity index (χ2n) is 8.49. The highest BCUT2D eigenvalue weighted by atomic mass is 16.6. The fourth-order valence-corrected chi connectivity index (χ4v) is 4.18. The predicted molar refractivity (Wildman–Crippen MR) is 124 cm³/mol. The van der Waals surface area contributed by atoms with Crippen LogP contribution in [0.25, 0.3) is 0 Å². The molecule has 2 aromatic carbocycles. The average molecular weight is 439 g/mol. The molecule has 1 aliphatic rings. The lowest BCUT2D eigenvalue weighted by Gasteiger charge is -2.31. The number of hydrazine groups is 1. The van der Waals surface area contributed by atoms with Gasteiger partial charge in [-0.15, -0.1) is 0 Å². The van der Waals surface area contributed by atoms with Crippen molar-refractivity contribution in [3.63, 3.8) is 0 Å². The summed E-state index contributed by atoms with van der Waals surface area (Å²) >= 11 is 0. The van der Waals surface area contributed by atoms with Crippen molar-refractivity contribution in [1.29, 1.82) is 0 Å². The third-order valence-electron chi connectivity index (χ3n) is 6.02. The standard InChI is InChI=1S/C26H34N2O4/c29-19-24(18-22-12-6-2-7-13-22)28(25(30)17-16-21-10-4-1-5-11-21)27-26(31)32-20-23-14-8-3-9-15-23/h1-2,4-7,10-13,23-24,29H,3,8-9,14-20H2,(H,27,31)/t24-/m0/s1. The first-order chi connectivity index (χ1) is 15.7. The van der Waals surface area contributed by atoms with Gasteiger partial charge in [0.25, 0.3) is 0 Å². The third kappa shape index (κ3) is 7.68. The lowest BCUT2D eigenvalue weighted by Crippen LogP contribution is -2.54. The van der Waals surface area contributed by atoms with Crippen LogP contribution >= 0.6 is 0 Å². The van der Waals surface area contributed by atoms with Gasteiger partial charge in [-0.05, 0) is 42.7 Å². The molecule has 1 aliphatic carbocycles. The molecule has 0 aromatic heterocycles. The monoisotopic (exact) mass is 438 g/mol. The summed E-state index contributed by atoms with van der Waals surface area (Å²) in [5, 5.41) is 11.3. The van der Waals surface area contributed by atoms with E-state index in [-0.39, 0.29) is 18.9 Å². The number of hydrogen-bond acceptors (Lipinski definition) is 4. The highest BCUT2D eigenvalue weighted by Gasteiger charge is 2.26. The second kappa shape index (κ2) is 12.9. The molecular formula is C26H34N2O4. The maximum atomic E-state index is 13.1. The van der Waals surface area contributed by atoms with Gasteiger partial charge in [0.1, 0.15) is 0 Å². The lowest BCUT2D eigenvalue weighted by atomic mass is 9.90. The number of aliphatic hydroxyl groups excluding tert-OH is 1. The first kappa shape index (κ1) is 23.8. The van der Waals surface area contributed by atoms with Gasteiger partial charge in [-0.1, -0.05) is 79.9 Å². The van der Waals surface area contributed by atoms with Gasteiger partial charge >= 0.3 is 6.09 Å². The van der Waals surface area contributed by atoms with E-state index in [0.717, 1.165) is 24.0 Å². The van der Waals surface area contributed by atoms with Crippen LogP contribution in [0.4, 0.5) is 4.79 Å². The van der Waals surface area contributed by atoms with E-state index in [0.29, 0.717) is 25.4 Å². The molecule has 0 aliphatic heterocycles. The largest absolute Gasteiger partial charge is 0.448 e. The second-order valence-corrected chi connectivity index (χ2v) is 8.49. The van der Waals surface area contributed by atoms with Crippen LogP contribution in [0, 0.1) is 5.92 Å². The molecule has 1 atom stereocenters. The van der Waals surface area contributed by atoms with Gasteiger partial charge in [-0.25, -0.2) is 15.2 Å². The number of amides is 2. The Bertz CT molecular complexity index is 822. The Balaban J connectivity index is 1.63. The fourth-order valence-electron chi connectivity index (χ4n) is 4.18. The minimum atomic E-state index is -0.643. The van der Waals surface area contributed by atoms with Crippen LogP contribution in [-0.4, -0.2) is 41.4 Å². The lowest BCUT2D eigenvalue weighted by molar-refractivity contribution is -0.138. The number of hydrogen-bond donors (Lipinski definition) is 2. The molecule has 32 heavy (non-hydrogen) atoms. The van der Waals surface area contributed by atoms with Gasteiger partial charge in [0.2, 0.25) is 5.91 Å². The van der Waals surface area contributed by atoms with Gasteiger partial charge in [0.05, 0.1) is 19.3 Å². The minimum Gasteiger partial charge on any atom is -0.448 e. The average Bonchev–Trinajstić information content (AvgIpc) is 2.85. The van der Waals surface area contributed by atoms with Crippen molar-refractivity contribution in [2.45, 2.75) is 57.4 Å². The number of nitrogens with one attached hydrogen (secondary N) is 1. The summed E-state index contributed by atoms with van der Waals surface area (Å²) in [7, 11) is 0. The van der Waals surface area contributed by atoms with E-state index >= 15 is 0 Å². The fraction of sp³-hybridized carbons (Fsp3) is 0.462. The first-order valence-electron chi connectivity index (χ1n) is 11.6. The molecule has 0 heterocycles. The summed E-state index contributed by atoms with van der Waals surface area (Å²) in [6.07, 6.45) is 6.28. The van der Waals surface area contributed by atoms with Crippen molar-refractivity contribution in [2.24, 2.45) is 5.92 Å². The van der Waals surface area contributed by atoms with Crippen LogP contribution in [0.2, 0.25) is 0 Å². The normalized spacial score (nSPS) is 15.0. The molecule has 6 heteroatoms. The van der Waals surface area contributed by atoms with E-state index in [9.17, 15) is 14.7 Å². The Morgan fingerprint density at radius 1 is 0.969 bits per heavy atom. The quantitative estimate of drug-likeness (QED) is 0.573. The van der Waals surface area contributed by atoms with Crippen LogP contribution < -0.4 is 5.43 Å². The molecule has 0 radical (unpaired) electrons. The van der Waals surface area contributed by atoms with Gasteiger partial charge in [0, 0.05) is 6.42 Å². The SMILES string of the molecule is O=C(NN(C(=O)CCc1ccccc1)[C@H](CO)Cc1ccccc1)OCC1CCCCC1. The van der Waals surface area contributed by atoms with Crippen LogP contribution in [0.1, 0.15) is 49.7 Å². The van der Waals surface area contributed by atoms with E-state index in [2.05, 4.69) is 5.43 Å². The van der Waals surface area contributed by atoms with Gasteiger partial charge in [-0.3, -0.25) is 4.79 Å². The number of carbonyl (C=O) groups is 2. The zero-order valence-electron chi connectivity index (χ0n) is 18.6. The van der Waals surface area contributed by atoms with Crippen LogP contribution in [-0.2, 0) is 22.4 Å². The van der Waals surface area contributed by atoms with E-state index in [1.165, 1.54) is 24.3 Å². The molecule has 1 fully saturated rings. The topological polar surface area (TPSA) is 78.9 Å². The Hall–Kier alpha value is -2.86. The van der Waals surface area contributed by atoms with E-state index in [1.54, 1.807) is 0 Å². The Morgan fingerprint density at radius 3 is 2.22 bits per heavy atom. The van der Waals surface area contributed by atoms with E-state index in [4.69, 9.17) is 4.74 Å². The first-order valence-corrected chi connectivity index (χ1v) is 11.6. The van der Waals surface area contributed by atoms with E-state index in [1.807, 2.05) is 60.7 Å². The molecule has 1 saturated carbocycles. The Labute approximate surface area is 190 Å². The van der Waals surface area contributed by atoms with Crippen molar-refractivity contribution in [1.82, 2.24) is 10.4 Å². The summed E-state index contributed by atoms with van der Waals surface area (Å²) in [4.78, 5) is 25.6. The summed E-state index contributed by atoms with van der Waals surface area (Å²) in [6.45, 7) is 0.0925. The van der Waals surface area contributed by atoms with E-state index < -0.39 is 12.1 Å². The molecule has 0 unspecified atom stereocenters. The van der Waals surface area contributed by atoms with Gasteiger partial charge < -0.3 is 9.84 Å². The highest BCUT2D eigenvalue weighted by Crippen LogP contribution is 2.23. The molecular weight excluding hydrogens is 404 g/mol. The van der Waals surface area contributed by atoms with Crippen LogP contribution in [0.3, 0.4) is 0 Å². The summed E-state index contributed by atoms with van der Waals surface area (Å²) < 4.78 is 5.44. The molecule has 0 bridgehead atoms. The van der Waals surface area contributed by atoms with Gasteiger partial charge in [-0.2, -0.15) is 0 Å². The van der Waals surface area contributed by atoms with Crippen LogP contribution in [0.5, 0.6) is 0 Å². The molecule has 0 saturated heterocycles. The van der Waals surface area contributed by atoms with Gasteiger partial charge in [0.15, 0.2) is 0 Å². The number of aryl methyl sites for hydroxylation is 1. The number of rotatable bonds is 9. The summed E-state index contributed by atoms with van der Waals surface area (Å²) in [5.41, 5.74) is 4.65. The van der Waals surface area contributed by atoms with Crippen molar-refractivity contribution in [3.8, 4) is 0 Å². The minimum absolute atomic E-state index is 0.220. The molecule has 172 valence electrons. The Morgan fingerprint density at radius 2 is 1.59 bits per heavy atom. The molecule has 2 amide bonds. The molecule has 2 aromatic rings. The summed E-state index contributed by atoms with van der Waals surface area (Å²) in [6, 6.07) is 18.8. The third-order valence-corrected chi connectivity index (χ3v) is 6.02. The zero-order chi connectivity index (χ0) is 22.6. The predicted octanol–water partition coefficient (Wildman–Crippen LogP) is 4.27. The summed E-state index contributed by atoms with van der Waals surface area (Å²) in [5.74, 6) is 0.133. The van der Waals surface area contributed by atoms with Crippen molar-refractivity contribution in [3.05, 3.63) is 71.8 Å². The Kier molecular flexibility index (Phi) is 9.57. The van der Waals surface area contributed by atoms with Crippen LogP contribution in [0.15, 0.2) is 60.7 Å². The molecule has 6 nitrogen and oxygen atoms in total. The number of benzene rings is 2. The highest BCUT2D eigenvalue weighted by molar-refractivity contribution is 5.79. The molecule has 3 rings (SSSR count). The number of nitrogens with zero attached hydrogens (tertiary/aromatic N) is 1. The molecule has 0 spiro atoms. The van der Waals surface area contributed by atoms with Crippen molar-refractivity contribution < 1.29 is 19.4 Å². The van der Waals surface area contributed by atoms with Crippen molar-refractivity contribution in [2.75, 3.05) is 13.2 Å². The smallest absolute Gasteiger partial charge is 0.426 e. The zero-order valence-corrected chi connectivity index (χ0v) is 18.6. The van der Waals surface area contributed by atoms with Crippen molar-refractivity contribution >= 4 is 12.0 Å². The number of aliphatic hydroxyl groups is 1. The number of ether oxygens (including phenoxy) is 1. The maximum Gasteiger partial charge on any atom is 0.426 e. The number of carbonyl (C=O) groups excluding carboxylic acids is 2.